The van der Waals surface area contributed by atoms with Crippen molar-refractivity contribution >= 4 is 28.6 Å². The van der Waals surface area contributed by atoms with Gasteiger partial charge in [0.15, 0.2) is 5.96 Å². The van der Waals surface area contributed by atoms with Gasteiger partial charge >= 0.3 is 0 Å². The molecule has 0 amide bonds. The highest BCUT2D eigenvalue weighted by Gasteiger charge is 2.05. The third-order valence-electron chi connectivity index (χ3n) is 3.39. The molecule has 0 aliphatic heterocycles. The molecule has 0 aliphatic rings. The molecule has 0 radical (unpaired) electrons. The summed E-state index contributed by atoms with van der Waals surface area (Å²) in [6, 6.07) is 0. The number of nitrogens with zero attached hydrogens (tertiary/aromatic N) is 3. The molecule has 0 bridgehead atoms. The molecule has 2 heterocycles. The van der Waals surface area contributed by atoms with Crippen LogP contribution in [-0.4, -0.2) is 35.6 Å². The normalized spacial score (nSPS) is 12.0. The highest BCUT2D eigenvalue weighted by Crippen LogP contribution is 2.19. The molecule has 2 aromatic rings. The standard InChI is InChI=1S/C17H27N5S2/c1-5-18-17(19-8-6-14-10-23-13(4)21-14)20-9-7-15-11-24-16(22-15)12(2)3/h10-12H,5-9H2,1-4H3,(H2,18,19,20). The molecule has 2 aromatic heterocycles. The van der Waals surface area contributed by atoms with E-state index in [0.29, 0.717) is 5.92 Å². The van der Waals surface area contributed by atoms with Crippen LogP contribution in [0.1, 0.15) is 48.1 Å². The van der Waals surface area contributed by atoms with Crippen LogP contribution in [0.3, 0.4) is 0 Å². The predicted octanol–water partition coefficient (Wildman–Crippen LogP) is 3.37. The van der Waals surface area contributed by atoms with Gasteiger partial charge in [0, 0.05) is 49.2 Å². The van der Waals surface area contributed by atoms with Crippen LogP contribution in [0.5, 0.6) is 0 Å². The first-order chi connectivity index (χ1) is 11.6. The summed E-state index contributed by atoms with van der Waals surface area (Å²) in [5, 5.41) is 13.3. The van der Waals surface area contributed by atoms with Crippen molar-refractivity contribution in [3.8, 4) is 0 Å². The Bertz CT molecular complexity index is 645. The van der Waals surface area contributed by atoms with E-state index in [2.05, 4.69) is 57.1 Å². The Morgan fingerprint density at radius 3 is 2.50 bits per heavy atom. The molecular formula is C17H27N5S2. The maximum absolute atomic E-state index is 4.66. The highest BCUT2D eigenvalue weighted by atomic mass is 32.1. The van der Waals surface area contributed by atoms with Crippen molar-refractivity contribution in [1.82, 2.24) is 20.6 Å². The highest BCUT2D eigenvalue weighted by molar-refractivity contribution is 7.09. The molecule has 2 N–H and O–H groups in total. The van der Waals surface area contributed by atoms with E-state index >= 15 is 0 Å². The average Bonchev–Trinajstić information content (AvgIpc) is 3.16. The molecular weight excluding hydrogens is 338 g/mol. The zero-order valence-corrected chi connectivity index (χ0v) is 16.6. The molecule has 0 aliphatic carbocycles. The smallest absolute Gasteiger partial charge is 0.191 e. The first-order valence-corrected chi connectivity index (χ1v) is 10.2. The van der Waals surface area contributed by atoms with Crippen LogP contribution in [0, 0.1) is 6.92 Å². The number of aryl methyl sites for hydroxylation is 1. The van der Waals surface area contributed by atoms with E-state index in [1.165, 1.54) is 5.01 Å². The van der Waals surface area contributed by atoms with Crippen LogP contribution in [0.15, 0.2) is 15.8 Å². The van der Waals surface area contributed by atoms with Crippen LogP contribution >= 0.6 is 22.7 Å². The van der Waals surface area contributed by atoms with Gasteiger partial charge in [-0.15, -0.1) is 22.7 Å². The third-order valence-corrected chi connectivity index (χ3v) is 5.40. The summed E-state index contributed by atoms with van der Waals surface area (Å²) in [5.41, 5.74) is 2.28. The van der Waals surface area contributed by atoms with Crippen molar-refractivity contribution < 1.29 is 0 Å². The molecule has 7 heteroatoms. The second kappa shape index (κ2) is 9.74. The van der Waals surface area contributed by atoms with E-state index in [0.717, 1.165) is 54.8 Å². The Labute approximate surface area is 152 Å². The molecule has 0 saturated heterocycles. The summed E-state index contributed by atoms with van der Waals surface area (Å²) in [6.45, 7) is 10.9. The Balaban J connectivity index is 1.78. The molecule has 0 unspecified atom stereocenters. The van der Waals surface area contributed by atoms with Crippen LogP contribution in [0.4, 0.5) is 0 Å². The largest absolute Gasteiger partial charge is 0.357 e. The number of hydrogen-bond acceptors (Lipinski definition) is 5. The molecule has 0 aromatic carbocycles. The monoisotopic (exact) mass is 365 g/mol. The van der Waals surface area contributed by atoms with Gasteiger partial charge in [-0.05, 0) is 13.8 Å². The maximum Gasteiger partial charge on any atom is 0.191 e. The van der Waals surface area contributed by atoms with E-state index in [4.69, 9.17) is 0 Å². The molecule has 132 valence electrons. The lowest BCUT2D eigenvalue weighted by Crippen LogP contribution is -2.38. The van der Waals surface area contributed by atoms with Gasteiger partial charge in [-0.1, -0.05) is 13.8 Å². The number of hydrogen-bond donors (Lipinski definition) is 2. The van der Waals surface area contributed by atoms with Gasteiger partial charge in [-0.3, -0.25) is 4.99 Å². The van der Waals surface area contributed by atoms with Crippen molar-refractivity contribution in [3.63, 3.8) is 0 Å². The Hall–Kier alpha value is -1.47. The van der Waals surface area contributed by atoms with E-state index in [9.17, 15) is 0 Å². The van der Waals surface area contributed by atoms with Crippen LogP contribution in [0.25, 0.3) is 0 Å². The van der Waals surface area contributed by atoms with Crippen molar-refractivity contribution in [1.29, 1.82) is 0 Å². The number of thiazole rings is 2. The van der Waals surface area contributed by atoms with Crippen molar-refractivity contribution in [3.05, 3.63) is 32.2 Å². The Kier molecular flexibility index (Phi) is 7.65. The fourth-order valence-corrected chi connectivity index (χ4v) is 3.68. The summed E-state index contributed by atoms with van der Waals surface area (Å²) in [7, 11) is 0. The molecule has 5 nitrogen and oxygen atoms in total. The lowest BCUT2D eigenvalue weighted by atomic mass is 10.2. The maximum atomic E-state index is 4.66. The molecule has 0 spiro atoms. The summed E-state index contributed by atoms with van der Waals surface area (Å²) in [4.78, 5) is 13.8. The zero-order valence-electron chi connectivity index (χ0n) is 14.9. The summed E-state index contributed by atoms with van der Waals surface area (Å²) >= 11 is 3.44. The first-order valence-electron chi connectivity index (χ1n) is 8.46. The fourth-order valence-electron chi connectivity index (χ4n) is 2.16. The molecule has 0 fully saturated rings. The number of rotatable bonds is 8. The van der Waals surface area contributed by atoms with Crippen molar-refractivity contribution in [2.24, 2.45) is 4.99 Å². The SMILES string of the molecule is CCNC(=NCCc1csc(C(C)C)n1)NCCc1csc(C)n1. The number of guanidine groups is 1. The van der Waals surface area contributed by atoms with Gasteiger partial charge in [0.1, 0.15) is 0 Å². The number of aliphatic imine (C=N–C) groups is 1. The van der Waals surface area contributed by atoms with Crippen LogP contribution in [-0.2, 0) is 12.8 Å². The number of aromatic nitrogens is 2. The molecule has 2 rings (SSSR count). The Morgan fingerprint density at radius 1 is 1.12 bits per heavy atom. The first kappa shape index (κ1) is 18.9. The van der Waals surface area contributed by atoms with E-state index in [1.54, 1.807) is 22.7 Å². The van der Waals surface area contributed by atoms with E-state index in [1.807, 2.05) is 6.92 Å². The second-order valence-corrected chi connectivity index (χ2v) is 7.83. The van der Waals surface area contributed by atoms with Gasteiger partial charge < -0.3 is 10.6 Å². The van der Waals surface area contributed by atoms with Gasteiger partial charge in [-0.25, -0.2) is 9.97 Å². The lowest BCUT2D eigenvalue weighted by Gasteiger charge is -2.10. The van der Waals surface area contributed by atoms with Crippen LogP contribution < -0.4 is 10.6 Å². The van der Waals surface area contributed by atoms with Crippen molar-refractivity contribution in [2.45, 2.75) is 46.5 Å². The summed E-state index contributed by atoms with van der Waals surface area (Å²) in [6.07, 6.45) is 1.80. The minimum absolute atomic E-state index is 0.501. The average molecular weight is 366 g/mol. The summed E-state index contributed by atoms with van der Waals surface area (Å²) in [5.74, 6) is 1.37. The minimum atomic E-state index is 0.501. The molecule has 0 saturated carbocycles. The number of nitrogens with one attached hydrogen (secondary N) is 2. The second-order valence-electron chi connectivity index (χ2n) is 5.88. The Morgan fingerprint density at radius 2 is 1.88 bits per heavy atom. The lowest BCUT2D eigenvalue weighted by molar-refractivity contribution is 0.784. The third kappa shape index (κ3) is 6.20. The molecule has 24 heavy (non-hydrogen) atoms. The van der Waals surface area contributed by atoms with Gasteiger partial charge in [0.2, 0.25) is 0 Å². The predicted molar refractivity (Wildman–Crippen MR) is 104 cm³/mol. The van der Waals surface area contributed by atoms with Gasteiger partial charge in [0.05, 0.1) is 21.4 Å². The van der Waals surface area contributed by atoms with Crippen molar-refractivity contribution in [2.75, 3.05) is 19.6 Å². The van der Waals surface area contributed by atoms with E-state index < -0.39 is 0 Å². The minimum Gasteiger partial charge on any atom is -0.357 e. The quantitative estimate of drug-likeness (QED) is 0.556. The summed E-state index contributed by atoms with van der Waals surface area (Å²) < 4.78 is 0. The van der Waals surface area contributed by atoms with Gasteiger partial charge in [0.25, 0.3) is 0 Å². The molecule has 0 atom stereocenters. The topological polar surface area (TPSA) is 62.2 Å². The zero-order chi connectivity index (χ0) is 17.4. The van der Waals surface area contributed by atoms with E-state index in [-0.39, 0.29) is 0 Å². The fraction of sp³-hybridized carbons (Fsp3) is 0.588. The van der Waals surface area contributed by atoms with Crippen LogP contribution in [0.2, 0.25) is 0 Å². The van der Waals surface area contributed by atoms with Gasteiger partial charge in [-0.2, -0.15) is 0 Å².